The van der Waals surface area contributed by atoms with E-state index < -0.39 is 24.3 Å². The first-order chi connectivity index (χ1) is 17.1. The Morgan fingerprint density at radius 2 is 1.78 bits per heavy atom. The van der Waals surface area contributed by atoms with E-state index in [9.17, 15) is 18.0 Å². The van der Waals surface area contributed by atoms with Crippen molar-refractivity contribution in [1.82, 2.24) is 19.5 Å². The highest BCUT2D eigenvalue weighted by molar-refractivity contribution is 5.73. The first-order valence-electron chi connectivity index (χ1n) is 10.6. The van der Waals surface area contributed by atoms with Gasteiger partial charge < -0.3 is 25.9 Å². The molecule has 0 aliphatic rings. The third-order valence-corrected chi connectivity index (χ3v) is 5.28. The minimum Gasteiger partial charge on any atom is -0.480 e. The Balaban J connectivity index is 1.58. The Morgan fingerprint density at radius 3 is 2.36 bits per heavy atom. The number of carboxylic acids is 1. The van der Waals surface area contributed by atoms with Gasteiger partial charge in [-0.2, -0.15) is 18.2 Å². The summed E-state index contributed by atoms with van der Waals surface area (Å²) in [4.78, 5) is 22.8. The molecule has 0 aliphatic heterocycles. The van der Waals surface area contributed by atoms with E-state index in [0.717, 1.165) is 0 Å². The van der Waals surface area contributed by atoms with Crippen molar-refractivity contribution in [2.45, 2.75) is 24.7 Å². The van der Waals surface area contributed by atoms with Gasteiger partial charge in [0.1, 0.15) is 6.04 Å². The summed E-state index contributed by atoms with van der Waals surface area (Å²) in [7, 11) is 0. The summed E-state index contributed by atoms with van der Waals surface area (Å²) in [6.07, 6.45) is -2.15. The van der Waals surface area contributed by atoms with E-state index in [1.807, 2.05) is 0 Å². The fourth-order valence-corrected chi connectivity index (χ4v) is 3.48. The van der Waals surface area contributed by atoms with Gasteiger partial charge in [-0.15, -0.1) is 0 Å². The number of halogens is 3. The zero-order valence-corrected chi connectivity index (χ0v) is 18.6. The summed E-state index contributed by atoms with van der Waals surface area (Å²) < 4.78 is 48.7. The van der Waals surface area contributed by atoms with Crippen LogP contribution >= 0.6 is 0 Å². The van der Waals surface area contributed by atoms with E-state index in [-0.39, 0.29) is 29.5 Å². The molecule has 5 N–H and O–H groups in total. The number of hydrogen-bond donors (Lipinski definition) is 3. The number of carbonyl (C=O) groups is 1. The molecule has 186 valence electrons. The molecule has 4 aromatic rings. The number of aliphatic carboxylic acids is 1. The summed E-state index contributed by atoms with van der Waals surface area (Å²) in [5.74, 6) is -1.74. The zero-order chi connectivity index (χ0) is 25.9. The van der Waals surface area contributed by atoms with Gasteiger partial charge in [0.25, 0.3) is 0 Å². The Hall–Kier alpha value is -4.45. The van der Waals surface area contributed by atoms with Crippen LogP contribution in [0, 0.1) is 0 Å². The molecule has 0 saturated heterocycles. The Kier molecular flexibility index (Phi) is 6.88. The van der Waals surface area contributed by atoms with Crippen molar-refractivity contribution in [2.24, 2.45) is 5.73 Å². The number of nitrogens with two attached hydrogens (primary N) is 2. The molecule has 2 heterocycles. The Bertz CT molecular complexity index is 1330. The van der Waals surface area contributed by atoms with Crippen molar-refractivity contribution in [1.29, 1.82) is 0 Å². The number of anilines is 1. The van der Waals surface area contributed by atoms with Crippen molar-refractivity contribution in [3.05, 3.63) is 84.4 Å². The number of nitrogen functional groups attached to an aromatic ring is 1. The van der Waals surface area contributed by atoms with Crippen LogP contribution in [0.25, 0.3) is 16.9 Å². The average molecular weight is 498 g/mol. The van der Waals surface area contributed by atoms with Gasteiger partial charge in [0.05, 0.1) is 12.0 Å². The van der Waals surface area contributed by atoms with E-state index in [2.05, 4.69) is 15.0 Å². The number of benzene rings is 2. The van der Waals surface area contributed by atoms with Crippen LogP contribution in [0.2, 0.25) is 0 Å². The zero-order valence-electron chi connectivity index (χ0n) is 18.6. The summed E-state index contributed by atoms with van der Waals surface area (Å²) >= 11 is 0. The lowest BCUT2D eigenvalue weighted by Gasteiger charge is -2.22. The average Bonchev–Trinajstić information content (AvgIpc) is 3.37. The highest BCUT2D eigenvalue weighted by atomic mass is 19.4. The van der Waals surface area contributed by atoms with Crippen LogP contribution < -0.4 is 16.2 Å². The molecule has 12 heteroatoms. The van der Waals surface area contributed by atoms with Gasteiger partial charge in [0.2, 0.25) is 17.9 Å². The molecule has 9 nitrogen and oxygen atoms in total. The highest BCUT2D eigenvalue weighted by Crippen LogP contribution is 2.37. The molecule has 0 saturated carbocycles. The van der Waals surface area contributed by atoms with Crippen LogP contribution in [0.3, 0.4) is 0 Å². The SMILES string of the molecule is Nc1nc(OC(c2ccc(-n3ccnc3)cc2)C(F)(F)F)cc(-c2ccc(CC(N)C(=O)O)cc2)n1. The Labute approximate surface area is 203 Å². The van der Waals surface area contributed by atoms with E-state index in [1.165, 1.54) is 36.7 Å². The number of hydrogen-bond acceptors (Lipinski definition) is 7. The number of aromatic nitrogens is 4. The largest absolute Gasteiger partial charge is 0.480 e. The van der Waals surface area contributed by atoms with Crippen LogP contribution in [0.4, 0.5) is 19.1 Å². The molecule has 2 unspecified atom stereocenters. The molecule has 4 rings (SSSR count). The van der Waals surface area contributed by atoms with Gasteiger partial charge >= 0.3 is 12.1 Å². The first kappa shape index (κ1) is 24.7. The van der Waals surface area contributed by atoms with Gasteiger partial charge in [0, 0.05) is 35.3 Å². The molecule has 2 atom stereocenters. The summed E-state index contributed by atoms with van der Waals surface area (Å²) in [5, 5.41) is 8.95. The minimum absolute atomic E-state index is 0.114. The summed E-state index contributed by atoms with van der Waals surface area (Å²) in [6.45, 7) is 0. The maximum Gasteiger partial charge on any atom is 0.429 e. The van der Waals surface area contributed by atoms with Gasteiger partial charge in [-0.3, -0.25) is 4.79 Å². The fourth-order valence-electron chi connectivity index (χ4n) is 3.48. The third kappa shape index (κ3) is 5.78. The second kappa shape index (κ2) is 10.0. The molecule has 0 fully saturated rings. The maximum absolute atomic E-state index is 13.9. The number of alkyl halides is 3. The van der Waals surface area contributed by atoms with E-state index in [4.69, 9.17) is 21.3 Å². The molecule has 2 aromatic heterocycles. The molecule has 36 heavy (non-hydrogen) atoms. The molecule has 0 bridgehead atoms. The Morgan fingerprint density at radius 1 is 1.08 bits per heavy atom. The smallest absolute Gasteiger partial charge is 0.429 e. The molecule has 0 amide bonds. The number of ether oxygens (including phenoxy) is 1. The van der Waals surface area contributed by atoms with Crippen LogP contribution in [0.1, 0.15) is 17.2 Å². The van der Waals surface area contributed by atoms with Crippen LogP contribution in [0.5, 0.6) is 5.88 Å². The van der Waals surface area contributed by atoms with Crippen LogP contribution in [-0.2, 0) is 11.2 Å². The number of nitrogens with zero attached hydrogens (tertiary/aromatic N) is 4. The number of imidazole rings is 1. The molecule has 0 spiro atoms. The van der Waals surface area contributed by atoms with Crippen molar-refractivity contribution in [3.8, 4) is 22.8 Å². The molecular weight excluding hydrogens is 477 g/mol. The van der Waals surface area contributed by atoms with Gasteiger partial charge in [0.15, 0.2) is 0 Å². The van der Waals surface area contributed by atoms with Crippen LogP contribution in [-0.4, -0.2) is 42.8 Å². The minimum atomic E-state index is -4.74. The van der Waals surface area contributed by atoms with E-state index in [0.29, 0.717) is 16.8 Å². The first-order valence-corrected chi connectivity index (χ1v) is 10.6. The second-order valence-electron chi connectivity index (χ2n) is 7.90. The summed E-state index contributed by atoms with van der Waals surface area (Å²) in [5.41, 5.74) is 13.2. The normalized spacial score (nSPS) is 13.2. The lowest BCUT2D eigenvalue weighted by atomic mass is 10.0. The molecule has 0 aliphatic carbocycles. The molecular formula is C24H21F3N6O3. The monoisotopic (exact) mass is 498 g/mol. The van der Waals surface area contributed by atoms with E-state index >= 15 is 0 Å². The third-order valence-electron chi connectivity index (χ3n) is 5.28. The van der Waals surface area contributed by atoms with Gasteiger partial charge in [-0.1, -0.05) is 36.4 Å². The maximum atomic E-state index is 13.9. The topological polar surface area (TPSA) is 142 Å². The lowest BCUT2D eigenvalue weighted by Crippen LogP contribution is -2.32. The van der Waals surface area contributed by atoms with Crippen molar-refractivity contribution < 1.29 is 27.8 Å². The van der Waals surface area contributed by atoms with Crippen LogP contribution in [0.15, 0.2) is 73.3 Å². The predicted molar refractivity (Wildman–Crippen MR) is 124 cm³/mol. The summed E-state index contributed by atoms with van der Waals surface area (Å²) in [6, 6.07) is 12.4. The number of rotatable bonds is 8. The van der Waals surface area contributed by atoms with Gasteiger partial charge in [-0.05, 0) is 24.1 Å². The van der Waals surface area contributed by atoms with E-state index in [1.54, 1.807) is 41.2 Å². The van der Waals surface area contributed by atoms with Crippen molar-refractivity contribution >= 4 is 11.9 Å². The second-order valence-corrected chi connectivity index (χ2v) is 7.90. The molecule has 2 aromatic carbocycles. The lowest BCUT2D eigenvalue weighted by molar-refractivity contribution is -0.198. The predicted octanol–water partition coefficient (Wildman–Crippen LogP) is 3.55. The highest BCUT2D eigenvalue weighted by Gasteiger charge is 2.43. The van der Waals surface area contributed by atoms with Crippen molar-refractivity contribution in [3.63, 3.8) is 0 Å². The standard InChI is InChI=1S/C24H21F3N6O3/c25-24(26,27)21(16-5-7-17(8-6-16)33-10-9-30-13-33)36-20-12-19(31-23(29)32-20)15-3-1-14(2-4-15)11-18(28)22(34)35/h1-10,12-13,18,21H,11,28H2,(H,34,35)(H2,29,31,32). The fraction of sp³-hybridized carbons (Fsp3) is 0.167. The van der Waals surface area contributed by atoms with Gasteiger partial charge in [-0.25, -0.2) is 9.97 Å². The number of carboxylic acid groups (broad SMARTS) is 1. The van der Waals surface area contributed by atoms with Crippen molar-refractivity contribution in [2.75, 3.05) is 5.73 Å². The quantitative estimate of drug-likeness (QED) is 0.335. The molecule has 0 radical (unpaired) electrons.